The summed E-state index contributed by atoms with van der Waals surface area (Å²) >= 11 is 0. The van der Waals surface area contributed by atoms with Crippen molar-refractivity contribution in [1.29, 1.82) is 0 Å². The number of anilines is 1. The van der Waals surface area contributed by atoms with Crippen LogP contribution in [-0.4, -0.2) is 25.0 Å². The van der Waals surface area contributed by atoms with Gasteiger partial charge in [0, 0.05) is 0 Å². The van der Waals surface area contributed by atoms with Crippen molar-refractivity contribution in [3.05, 3.63) is 65.2 Å². The first-order valence-corrected chi connectivity index (χ1v) is 12.9. The molecule has 0 aliphatic carbocycles. The molecular formula is C23H34NP. The zero-order valence-corrected chi connectivity index (χ0v) is 17.0. The third-order valence-electron chi connectivity index (χ3n) is 6.02. The van der Waals surface area contributed by atoms with Crippen LogP contribution in [0.2, 0.25) is 0 Å². The molecule has 1 heterocycles. The third-order valence-corrected chi connectivity index (χ3v) is 11.3. The van der Waals surface area contributed by atoms with Crippen LogP contribution < -0.4 is 5.32 Å². The maximum atomic E-state index is 3.79. The summed E-state index contributed by atoms with van der Waals surface area (Å²) in [7, 11) is -1.22. The van der Waals surface area contributed by atoms with Crippen molar-refractivity contribution in [3.63, 3.8) is 0 Å². The van der Waals surface area contributed by atoms with E-state index in [1.165, 1.54) is 67.1 Å². The molecule has 1 aliphatic heterocycles. The predicted molar refractivity (Wildman–Crippen MR) is 116 cm³/mol. The molecule has 1 N–H and O–H groups in total. The number of rotatable bonds is 6. The Morgan fingerprint density at radius 3 is 2.08 bits per heavy atom. The van der Waals surface area contributed by atoms with E-state index >= 15 is 0 Å². The number of hydrogen-bond donors (Lipinski definition) is 1. The summed E-state index contributed by atoms with van der Waals surface area (Å²) in [6.07, 6.45) is 11.7. The number of para-hydroxylation sites is 1. The van der Waals surface area contributed by atoms with Gasteiger partial charge in [0.25, 0.3) is 0 Å². The van der Waals surface area contributed by atoms with E-state index < -0.39 is 7.26 Å². The van der Waals surface area contributed by atoms with Crippen LogP contribution in [0.25, 0.3) is 0 Å². The first kappa shape index (κ1) is 18.5. The summed E-state index contributed by atoms with van der Waals surface area (Å²) in [4.78, 5) is 0. The van der Waals surface area contributed by atoms with Crippen molar-refractivity contribution >= 4 is 12.9 Å². The van der Waals surface area contributed by atoms with Gasteiger partial charge in [-0.25, -0.2) is 0 Å². The van der Waals surface area contributed by atoms with Gasteiger partial charge < -0.3 is 0 Å². The standard InChI is InChI=1S/C23H34NP/c1-20-11-10-12-21(2)23(20)24-15-18-25(16-8-3-4-9-17-25)19-22-13-6-5-7-14-22/h5-7,10-14,24-25H,3-4,8-9,15-19H2,1-2H3. The Morgan fingerprint density at radius 2 is 1.44 bits per heavy atom. The summed E-state index contributed by atoms with van der Waals surface area (Å²) in [6, 6.07) is 17.9. The molecule has 25 heavy (non-hydrogen) atoms. The van der Waals surface area contributed by atoms with Gasteiger partial charge in [-0.3, -0.25) is 0 Å². The predicted octanol–water partition coefficient (Wildman–Crippen LogP) is 6.24. The summed E-state index contributed by atoms with van der Waals surface area (Å²) < 4.78 is 0. The second-order valence-corrected chi connectivity index (χ2v) is 12.9. The van der Waals surface area contributed by atoms with E-state index in [1.54, 1.807) is 5.56 Å². The van der Waals surface area contributed by atoms with E-state index in [4.69, 9.17) is 0 Å². The fraction of sp³-hybridized carbons (Fsp3) is 0.478. The van der Waals surface area contributed by atoms with Crippen LogP contribution in [0.15, 0.2) is 48.5 Å². The van der Waals surface area contributed by atoms with Crippen LogP contribution in [0.1, 0.15) is 42.4 Å². The van der Waals surface area contributed by atoms with E-state index in [-0.39, 0.29) is 0 Å². The van der Waals surface area contributed by atoms with Gasteiger partial charge in [0.15, 0.2) is 0 Å². The van der Waals surface area contributed by atoms with E-state index in [0.717, 1.165) is 6.54 Å². The summed E-state index contributed by atoms with van der Waals surface area (Å²) in [5, 5.41) is 3.79. The second-order valence-electron chi connectivity index (χ2n) is 8.02. The normalized spacial score (nSPS) is 18.3. The van der Waals surface area contributed by atoms with Crippen LogP contribution in [0.3, 0.4) is 0 Å². The quantitative estimate of drug-likeness (QED) is 0.605. The molecule has 2 aromatic carbocycles. The van der Waals surface area contributed by atoms with E-state index in [9.17, 15) is 0 Å². The molecule has 2 heteroatoms. The average molecular weight is 356 g/mol. The second kappa shape index (κ2) is 8.86. The Kier molecular flexibility index (Phi) is 6.54. The number of nitrogens with one attached hydrogen (secondary N) is 1. The minimum absolute atomic E-state index is 1.14. The van der Waals surface area contributed by atoms with Crippen molar-refractivity contribution in [3.8, 4) is 0 Å². The van der Waals surface area contributed by atoms with Crippen LogP contribution in [0, 0.1) is 13.8 Å². The Morgan fingerprint density at radius 1 is 0.800 bits per heavy atom. The molecule has 1 aliphatic rings. The van der Waals surface area contributed by atoms with Gasteiger partial charge in [-0.2, -0.15) is 0 Å². The van der Waals surface area contributed by atoms with Crippen LogP contribution in [0.5, 0.6) is 0 Å². The molecule has 136 valence electrons. The van der Waals surface area contributed by atoms with Crippen molar-refractivity contribution in [2.45, 2.75) is 45.7 Å². The Bertz CT molecular complexity index is 637. The first-order chi connectivity index (χ1) is 12.2. The van der Waals surface area contributed by atoms with Crippen molar-refractivity contribution in [2.24, 2.45) is 0 Å². The molecule has 0 bridgehead atoms. The topological polar surface area (TPSA) is 12.0 Å². The molecule has 0 amide bonds. The van der Waals surface area contributed by atoms with Crippen LogP contribution >= 0.6 is 7.26 Å². The van der Waals surface area contributed by atoms with E-state index in [2.05, 4.69) is 67.7 Å². The van der Waals surface area contributed by atoms with Gasteiger partial charge in [0.2, 0.25) is 0 Å². The van der Waals surface area contributed by atoms with Gasteiger partial charge >= 0.3 is 154 Å². The maximum absolute atomic E-state index is 3.79. The fourth-order valence-electron chi connectivity index (χ4n) is 4.57. The molecule has 1 saturated heterocycles. The van der Waals surface area contributed by atoms with E-state index in [1.807, 2.05) is 0 Å². The zero-order valence-electron chi connectivity index (χ0n) is 16.0. The molecule has 1 nitrogen and oxygen atoms in total. The number of hydrogen-bond acceptors (Lipinski definition) is 1. The van der Waals surface area contributed by atoms with Crippen molar-refractivity contribution in [1.82, 2.24) is 0 Å². The molecule has 0 spiro atoms. The van der Waals surface area contributed by atoms with E-state index in [0.29, 0.717) is 0 Å². The molecule has 0 radical (unpaired) electrons. The van der Waals surface area contributed by atoms with Crippen molar-refractivity contribution in [2.75, 3.05) is 30.3 Å². The van der Waals surface area contributed by atoms with Crippen LogP contribution in [-0.2, 0) is 6.16 Å². The SMILES string of the molecule is Cc1cccc(C)c1NCC[PH]1(Cc2ccccc2)CCCCCC1. The van der Waals surface area contributed by atoms with Crippen molar-refractivity contribution < 1.29 is 0 Å². The third kappa shape index (κ3) is 5.08. The number of aryl methyl sites for hydroxylation is 2. The number of benzene rings is 2. The Hall–Kier alpha value is -1.33. The van der Waals surface area contributed by atoms with Gasteiger partial charge in [-0.1, -0.05) is 0 Å². The molecule has 2 aromatic rings. The molecule has 3 rings (SSSR count). The molecule has 0 atom stereocenters. The molecule has 1 fully saturated rings. The molecular weight excluding hydrogens is 321 g/mol. The minimum atomic E-state index is -1.22. The average Bonchev–Trinajstić information content (AvgIpc) is 2.84. The Balaban J connectivity index is 1.69. The summed E-state index contributed by atoms with van der Waals surface area (Å²) in [5.41, 5.74) is 5.68. The zero-order chi connectivity index (χ0) is 17.5. The fourth-order valence-corrected chi connectivity index (χ4v) is 9.61. The van der Waals surface area contributed by atoms with Gasteiger partial charge in [-0.05, 0) is 0 Å². The van der Waals surface area contributed by atoms with Gasteiger partial charge in [0.05, 0.1) is 0 Å². The van der Waals surface area contributed by atoms with Crippen LogP contribution in [0.4, 0.5) is 5.69 Å². The molecule has 0 aromatic heterocycles. The van der Waals surface area contributed by atoms with Gasteiger partial charge in [-0.15, -0.1) is 0 Å². The summed E-state index contributed by atoms with van der Waals surface area (Å²) in [6.45, 7) is 5.58. The summed E-state index contributed by atoms with van der Waals surface area (Å²) in [5.74, 6) is 0. The molecule has 0 unspecified atom stereocenters. The molecule has 0 saturated carbocycles. The van der Waals surface area contributed by atoms with Gasteiger partial charge in [0.1, 0.15) is 0 Å². The first-order valence-electron chi connectivity index (χ1n) is 10.0. The Labute approximate surface area is 154 Å². The monoisotopic (exact) mass is 355 g/mol.